The third-order valence-corrected chi connectivity index (χ3v) is 6.64. The van der Waals surface area contributed by atoms with Crippen LogP contribution in [0.1, 0.15) is 26.5 Å². The number of amides is 1. The van der Waals surface area contributed by atoms with Gasteiger partial charge in [-0.2, -0.15) is 0 Å². The lowest BCUT2D eigenvalue weighted by Crippen LogP contribution is -2.35. The number of rotatable bonds is 8. The standard InChI is InChI=1S/C17H29BrN2O2S2Si/c1-11-8-12(23-5)15(20-14(21)9-18)16(19-11)24-10-13(17(2,3)4)22-25(6)7/h8,13,25H,9-10H2,1-7H3,(H,20,21). The van der Waals surface area contributed by atoms with E-state index in [1.165, 1.54) is 0 Å². The molecule has 1 heterocycles. The predicted molar refractivity (Wildman–Crippen MR) is 117 cm³/mol. The van der Waals surface area contributed by atoms with E-state index < -0.39 is 9.04 Å². The first kappa shape index (κ1) is 23.0. The van der Waals surface area contributed by atoms with Gasteiger partial charge in [0.2, 0.25) is 5.91 Å². The Morgan fingerprint density at radius 2 is 2.08 bits per heavy atom. The second-order valence-electron chi connectivity index (χ2n) is 7.18. The molecular weight excluding hydrogens is 436 g/mol. The van der Waals surface area contributed by atoms with Crippen molar-refractivity contribution in [3.05, 3.63) is 11.8 Å². The Kier molecular flexibility index (Phi) is 9.53. The van der Waals surface area contributed by atoms with Crippen molar-refractivity contribution in [2.24, 2.45) is 5.41 Å². The van der Waals surface area contributed by atoms with Crippen LogP contribution >= 0.6 is 39.5 Å². The van der Waals surface area contributed by atoms with Gasteiger partial charge in [0.15, 0.2) is 9.04 Å². The summed E-state index contributed by atoms with van der Waals surface area (Å²) in [7, 11) is -1.13. The van der Waals surface area contributed by atoms with Crippen LogP contribution in [0.25, 0.3) is 0 Å². The minimum absolute atomic E-state index is 0.0652. The average molecular weight is 466 g/mol. The van der Waals surface area contributed by atoms with Crippen molar-refractivity contribution in [3.63, 3.8) is 0 Å². The molecule has 0 saturated carbocycles. The molecule has 1 aromatic heterocycles. The van der Waals surface area contributed by atoms with E-state index >= 15 is 0 Å². The second kappa shape index (κ2) is 10.3. The first-order valence-corrected chi connectivity index (χ1v) is 14.4. The van der Waals surface area contributed by atoms with E-state index in [1.54, 1.807) is 23.5 Å². The van der Waals surface area contributed by atoms with Crippen molar-refractivity contribution in [2.75, 3.05) is 22.7 Å². The molecule has 1 rings (SSSR count). The second-order valence-corrected chi connectivity index (χ2v) is 12.0. The van der Waals surface area contributed by atoms with Gasteiger partial charge < -0.3 is 9.74 Å². The molecule has 1 amide bonds. The van der Waals surface area contributed by atoms with Crippen molar-refractivity contribution in [1.29, 1.82) is 0 Å². The van der Waals surface area contributed by atoms with Crippen molar-refractivity contribution in [1.82, 2.24) is 4.98 Å². The SMILES string of the molecule is CSc1cc(C)nc(SCC(O[SiH](C)C)C(C)(C)C)c1NC(=O)CBr. The van der Waals surface area contributed by atoms with E-state index in [4.69, 9.17) is 4.43 Å². The quantitative estimate of drug-likeness (QED) is 0.334. The van der Waals surface area contributed by atoms with Crippen LogP contribution < -0.4 is 5.32 Å². The Hall–Kier alpha value is -0.0231. The largest absolute Gasteiger partial charge is 0.416 e. The summed E-state index contributed by atoms with van der Waals surface area (Å²) < 4.78 is 6.26. The maximum atomic E-state index is 11.9. The normalized spacial score (nSPS) is 13.2. The summed E-state index contributed by atoms with van der Waals surface area (Å²) in [6.45, 7) is 13.0. The van der Waals surface area contributed by atoms with Gasteiger partial charge in [0.1, 0.15) is 5.03 Å². The number of nitrogens with one attached hydrogen (secondary N) is 1. The van der Waals surface area contributed by atoms with Crippen LogP contribution in [0.4, 0.5) is 5.69 Å². The molecule has 142 valence electrons. The zero-order valence-electron chi connectivity index (χ0n) is 16.1. The molecule has 1 unspecified atom stereocenters. The summed E-state index contributed by atoms with van der Waals surface area (Å²) in [4.78, 5) is 17.6. The van der Waals surface area contributed by atoms with Crippen molar-refractivity contribution in [2.45, 2.75) is 56.8 Å². The van der Waals surface area contributed by atoms with Gasteiger partial charge >= 0.3 is 0 Å². The number of alkyl halides is 1. The molecule has 0 saturated heterocycles. The Bertz CT molecular complexity index is 595. The number of thioether (sulfide) groups is 2. The lowest BCUT2D eigenvalue weighted by atomic mass is 9.90. The van der Waals surface area contributed by atoms with Crippen LogP contribution in [-0.2, 0) is 9.22 Å². The van der Waals surface area contributed by atoms with E-state index in [-0.39, 0.29) is 22.8 Å². The molecule has 8 heteroatoms. The van der Waals surface area contributed by atoms with Gasteiger partial charge in [-0.05, 0) is 37.8 Å². The highest BCUT2D eigenvalue weighted by atomic mass is 79.9. The third kappa shape index (κ3) is 7.62. The van der Waals surface area contributed by atoms with Gasteiger partial charge in [0.25, 0.3) is 0 Å². The average Bonchev–Trinajstić information content (AvgIpc) is 2.51. The van der Waals surface area contributed by atoms with Crippen LogP contribution in [0.15, 0.2) is 16.0 Å². The fourth-order valence-corrected chi connectivity index (χ4v) is 5.69. The van der Waals surface area contributed by atoms with Crippen molar-refractivity contribution in [3.8, 4) is 0 Å². The van der Waals surface area contributed by atoms with Crippen molar-refractivity contribution < 1.29 is 9.22 Å². The summed E-state index contributed by atoms with van der Waals surface area (Å²) in [6.07, 6.45) is 2.17. The summed E-state index contributed by atoms with van der Waals surface area (Å²) in [5.74, 6) is 0.747. The molecule has 1 atom stereocenters. The van der Waals surface area contributed by atoms with Gasteiger partial charge in [-0.1, -0.05) is 36.7 Å². The number of halogens is 1. The zero-order chi connectivity index (χ0) is 19.2. The number of aromatic nitrogens is 1. The molecule has 0 bridgehead atoms. The highest BCUT2D eigenvalue weighted by molar-refractivity contribution is 9.09. The predicted octanol–water partition coefficient (Wildman–Crippen LogP) is 4.95. The van der Waals surface area contributed by atoms with Crippen molar-refractivity contribution >= 4 is 60.1 Å². The van der Waals surface area contributed by atoms with Gasteiger partial charge in [0.05, 0.1) is 17.1 Å². The van der Waals surface area contributed by atoms with Crippen LogP contribution in [0.5, 0.6) is 0 Å². The van der Waals surface area contributed by atoms with Gasteiger partial charge in [-0.3, -0.25) is 4.79 Å². The smallest absolute Gasteiger partial charge is 0.235 e. The molecule has 0 aliphatic rings. The monoisotopic (exact) mass is 464 g/mol. The van der Waals surface area contributed by atoms with E-state index in [0.29, 0.717) is 0 Å². The summed E-state index contributed by atoms with van der Waals surface area (Å²) in [5, 5.41) is 4.12. The summed E-state index contributed by atoms with van der Waals surface area (Å²) in [6, 6.07) is 2.01. The first-order chi connectivity index (χ1) is 11.6. The first-order valence-electron chi connectivity index (χ1n) is 8.28. The van der Waals surface area contributed by atoms with Crippen LogP contribution in [-0.4, -0.2) is 43.4 Å². The third-order valence-electron chi connectivity index (χ3n) is 3.46. The topological polar surface area (TPSA) is 51.2 Å². The van der Waals surface area contributed by atoms with Crippen LogP contribution in [0.2, 0.25) is 13.1 Å². The van der Waals surface area contributed by atoms with Crippen LogP contribution in [0.3, 0.4) is 0 Å². The Morgan fingerprint density at radius 3 is 2.56 bits per heavy atom. The zero-order valence-corrected chi connectivity index (χ0v) is 20.5. The molecule has 25 heavy (non-hydrogen) atoms. The Labute approximate surface area is 170 Å². The molecule has 0 aliphatic heterocycles. The molecular formula is C17H29BrN2O2S2Si. The number of aryl methyl sites for hydroxylation is 1. The number of anilines is 1. The molecule has 0 aliphatic carbocycles. The lowest BCUT2D eigenvalue weighted by molar-refractivity contribution is -0.113. The number of carbonyl (C=O) groups excluding carboxylic acids is 1. The van der Waals surface area contributed by atoms with E-state index in [2.05, 4.69) is 60.1 Å². The van der Waals surface area contributed by atoms with Crippen LogP contribution in [0, 0.1) is 12.3 Å². The fourth-order valence-electron chi connectivity index (χ4n) is 2.15. The van der Waals surface area contributed by atoms with Gasteiger partial charge in [-0.15, -0.1) is 23.5 Å². The molecule has 0 aromatic carbocycles. The molecule has 0 fully saturated rings. The maximum Gasteiger partial charge on any atom is 0.235 e. The highest BCUT2D eigenvalue weighted by Gasteiger charge is 2.27. The minimum Gasteiger partial charge on any atom is -0.416 e. The van der Waals surface area contributed by atoms with E-state index in [9.17, 15) is 4.79 Å². The molecule has 4 nitrogen and oxygen atoms in total. The number of hydrogen-bond acceptors (Lipinski definition) is 5. The number of carbonyl (C=O) groups is 1. The minimum atomic E-state index is -1.13. The molecule has 0 radical (unpaired) electrons. The fraction of sp³-hybridized carbons (Fsp3) is 0.647. The maximum absolute atomic E-state index is 11.9. The summed E-state index contributed by atoms with van der Waals surface area (Å²) in [5.41, 5.74) is 1.83. The van der Waals surface area contributed by atoms with Gasteiger partial charge in [-0.25, -0.2) is 4.98 Å². The summed E-state index contributed by atoms with van der Waals surface area (Å²) >= 11 is 6.49. The highest BCUT2D eigenvalue weighted by Crippen LogP contribution is 2.37. The lowest BCUT2D eigenvalue weighted by Gasteiger charge is -2.32. The number of nitrogens with zero attached hydrogens (tertiary/aromatic N) is 1. The number of pyridine rings is 1. The molecule has 1 N–H and O–H groups in total. The van der Waals surface area contributed by atoms with E-state index in [0.717, 1.165) is 27.1 Å². The molecule has 1 aromatic rings. The Balaban J connectivity index is 3.09. The number of hydrogen-bond donors (Lipinski definition) is 1. The molecule has 0 spiro atoms. The van der Waals surface area contributed by atoms with E-state index in [1.807, 2.05) is 19.2 Å². The van der Waals surface area contributed by atoms with Gasteiger partial charge in [0, 0.05) is 16.3 Å². The Morgan fingerprint density at radius 1 is 1.44 bits per heavy atom.